The van der Waals surface area contributed by atoms with E-state index >= 15 is 0 Å². The molecule has 0 bridgehead atoms. The normalized spacial score (nSPS) is 13.2. The van der Waals surface area contributed by atoms with Crippen LogP contribution < -0.4 is 11.1 Å². The van der Waals surface area contributed by atoms with Crippen molar-refractivity contribution in [1.29, 1.82) is 0 Å². The van der Waals surface area contributed by atoms with Crippen LogP contribution in [0.3, 0.4) is 0 Å². The van der Waals surface area contributed by atoms with Gasteiger partial charge in [-0.3, -0.25) is 10.1 Å². The van der Waals surface area contributed by atoms with Gasteiger partial charge < -0.3 is 10.5 Å². The third-order valence-corrected chi connectivity index (χ3v) is 1.01. The van der Waals surface area contributed by atoms with Gasteiger partial charge >= 0.3 is 12.3 Å². The molecule has 0 aromatic rings. The Labute approximate surface area is 77.4 Å². The molecular weight excluding hydrogens is 205 g/mol. The van der Waals surface area contributed by atoms with Crippen LogP contribution >= 0.6 is 0 Å². The second-order valence-corrected chi connectivity index (χ2v) is 2.47. The summed E-state index contributed by atoms with van der Waals surface area (Å²) in [6, 6.07) is -0.992. The van der Waals surface area contributed by atoms with Gasteiger partial charge in [0.15, 0.2) is 6.61 Å². The number of amides is 2. The largest absolute Gasteiger partial charge is 0.440 e. The van der Waals surface area contributed by atoms with E-state index in [1.807, 2.05) is 0 Å². The maximum atomic E-state index is 11.5. The summed E-state index contributed by atoms with van der Waals surface area (Å²) in [5, 5.41) is 1.53. The van der Waals surface area contributed by atoms with Crippen molar-refractivity contribution < 1.29 is 27.5 Å². The van der Waals surface area contributed by atoms with Gasteiger partial charge in [0.05, 0.1) is 6.04 Å². The molecule has 8 heteroatoms. The predicted molar refractivity (Wildman–Crippen MR) is 39.2 cm³/mol. The standard InChI is InChI=1S/C6H9F3N2O3/c1-3(10)4(12)11-5(13)14-2-6(7,8)9/h3H,2,10H2,1H3,(H,11,12,13)/t3-/m0/s1. The molecule has 0 unspecified atom stereocenters. The number of alkyl halides is 3. The van der Waals surface area contributed by atoms with Crippen LogP contribution in [0.2, 0.25) is 0 Å². The number of nitrogens with one attached hydrogen (secondary N) is 1. The molecule has 0 rings (SSSR count). The number of imide groups is 1. The molecule has 0 saturated heterocycles. The first-order valence-electron chi connectivity index (χ1n) is 3.52. The monoisotopic (exact) mass is 214 g/mol. The Morgan fingerprint density at radius 2 is 2.00 bits per heavy atom. The lowest BCUT2D eigenvalue weighted by Gasteiger charge is -2.09. The highest BCUT2D eigenvalue weighted by Gasteiger charge is 2.30. The fourth-order valence-electron chi connectivity index (χ4n) is 0.398. The number of carbonyl (C=O) groups is 2. The minimum Gasteiger partial charge on any atom is -0.440 e. The molecule has 0 radical (unpaired) electrons. The van der Waals surface area contributed by atoms with E-state index in [9.17, 15) is 22.8 Å². The van der Waals surface area contributed by atoms with Gasteiger partial charge in [0.2, 0.25) is 5.91 Å². The number of nitrogens with two attached hydrogens (primary N) is 1. The third kappa shape index (κ3) is 6.23. The van der Waals surface area contributed by atoms with Gasteiger partial charge in [-0.25, -0.2) is 4.79 Å². The number of carbonyl (C=O) groups excluding carboxylic acids is 2. The van der Waals surface area contributed by atoms with E-state index in [0.717, 1.165) is 0 Å². The van der Waals surface area contributed by atoms with Crippen molar-refractivity contribution in [3.05, 3.63) is 0 Å². The Hall–Kier alpha value is -1.31. The molecule has 0 aliphatic carbocycles. The van der Waals surface area contributed by atoms with Gasteiger partial charge in [-0.1, -0.05) is 0 Å². The Morgan fingerprint density at radius 3 is 2.36 bits per heavy atom. The molecule has 0 aromatic carbocycles. The Bertz CT molecular complexity index is 227. The zero-order valence-electron chi connectivity index (χ0n) is 7.22. The molecular formula is C6H9F3N2O3. The van der Waals surface area contributed by atoms with Crippen LogP contribution in [0.25, 0.3) is 0 Å². The number of hydrogen-bond acceptors (Lipinski definition) is 4. The van der Waals surface area contributed by atoms with Gasteiger partial charge in [-0.15, -0.1) is 0 Å². The van der Waals surface area contributed by atoms with Crippen molar-refractivity contribution in [2.45, 2.75) is 19.1 Å². The van der Waals surface area contributed by atoms with Crippen LogP contribution in [0.4, 0.5) is 18.0 Å². The fraction of sp³-hybridized carbons (Fsp3) is 0.667. The molecule has 0 heterocycles. The minimum absolute atomic E-state index is 0.905. The Balaban J connectivity index is 3.83. The molecule has 1 atom stereocenters. The highest BCUT2D eigenvalue weighted by Crippen LogP contribution is 2.14. The summed E-state index contributed by atoms with van der Waals surface area (Å²) in [6.45, 7) is -0.475. The minimum atomic E-state index is -4.62. The zero-order chi connectivity index (χ0) is 11.4. The van der Waals surface area contributed by atoms with E-state index in [-0.39, 0.29) is 0 Å². The lowest BCUT2D eigenvalue weighted by molar-refractivity contribution is -0.160. The van der Waals surface area contributed by atoms with E-state index < -0.39 is 30.8 Å². The second kappa shape index (κ2) is 4.80. The molecule has 0 saturated carbocycles. The van der Waals surface area contributed by atoms with Crippen molar-refractivity contribution in [2.24, 2.45) is 5.73 Å². The molecule has 5 nitrogen and oxygen atoms in total. The molecule has 0 aromatic heterocycles. The smallest absolute Gasteiger partial charge is 0.422 e. The summed E-state index contributed by atoms with van der Waals surface area (Å²) in [7, 11) is 0. The van der Waals surface area contributed by atoms with Crippen LogP contribution in [0.15, 0.2) is 0 Å². The molecule has 0 fully saturated rings. The zero-order valence-corrected chi connectivity index (χ0v) is 7.22. The van der Waals surface area contributed by atoms with E-state index in [4.69, 9.17) is 5.73 Å². The summed E-state index contributed by atoms with van der Waals surface area (Å²) in [4.78, 5) is 21.2. The van der Waals surface area contributed by atoms with Crippen LogP contribution in [-0.2, 0) is 9.53 Å². The highest BCUT2D eigenvalue weighted by atomic mass is 19.4. The number of halogens is 3. The molecule has 0 spiro atoms. The topological polar surface area (TPSA) is 81.4 Å². The SMILES string of the molecule is C[C@H](N)C(=O)NC(=O)OCC(F)(F)F. The van der Waals surface area contributed by atoms with E-state index in [1.165, 1.54) is 12.2 Å². The van der Waals surface area contributed by atoms with Crippen LogP contribution in [-0.4, -0.2) is 30.8 Å². The van der Waals surface area contributed by atoms with Crippen molar-refractivity contribution in [3.8, 4) is 0 Å². The van der Waals surface area contributed by atoms with E-state index in [0.29, 0.717) is 0 Å². The van der Waals surface area contributed by atoms with Gasteiger partial charge in [0, 0.05) is 0 Å². The molecule has 0 aliphatic heterocycles. The first-order valence-corrected chi connectivity index (χ1v) is 3.52. The van der Waals surface area contributed by atoms with Gasteiger partial charge in [-0.05, 0) is 6.92 Å². The van der Waals surface area contributed by atoms with Crippen LogP contribution in [0.5, 0.6) is 0 Å². The molecule has 3 N–H and O–H groups in total. The van der Waals surface area contributed by atoms with Crippen LogP contribution in [0.1, 0.15) is 6.92 Å². The molecule has 0 aliphatic rings. The average Bonchev–Trinajstić information content (AvgIpc) is 1.99. The van der Waals surface area contributed by atoms with Crippen molar-refractivity contribution in [3.63, 3.8) is 0 Å². The van der Waals surface area contributed by atoms with Crippen molar-refractivity contribution in [1.82, 2.24) is 5.32 Å². The molecule has 2 amide bonds. The second-order valence-electron chi connectivity index (χ2n) is 2.47. The summed E-state index contributed by atoms with van der Waals surface area (Å²) in [6.07, 6.45) is -6.08. The lowest BCUT2D eigenvalue weighted by atomic mass is 10.3. The summed E-state index contributed by atoms with van der Waals surface area (Å²) < 4.78 is 38.2. The average molecular weight is 214 g/mol. The highest BCUT2D eigenvalue weighted by molar-refractivity contribution is 5.94. The summed E-state index contributed by atoms with van der Waals surface area (Å²) in [5.74, 6) is -0.905. The summed E-state index contributed by atoms with van der Waals surface area (Å²) in [5.41, 5.74) is 5.02. The first kappa shape index (κ1) is 12.7. The van der Waals surface area contributed by atoms with E-state index in [1.54, 1.807) is 0 Å². The van der Waals surface area contributed by atoms with Gasteiger partial charge in [0.1, 0.15) is 0 Å². The van der Waals surface area contributed by atoms with E-state index in [2.05, 4.69) is 4.74 Å². The Morgan fingerprint density at radius 1 is 1.50 bits per heavy atom. The number of alkyl carbamates (subject to hydrolysis) is 1. The van der Waals surface area contributed by atoms with Crippen LogP contribution in [0, 0.1) is 0 Å². The maximum absolute atomic E-state index is 11.5. The van der Waals surface area contributed by atoms with Crippen molar-refractivity contribution >= 4 is 12.0 Å². The number of hydrogen-bond donors (Lipinski definition) is 2. The predicted octanol–water partition coefficient (Wildman–Crippen LogP) is 0.149. The molecule has 82 valence electrons. The van der Waals surface area contributed by atoms with Gasteiger partial charge in [-0.2, -0.15) is 13.2 Å². The van der Waals surface area contributed by atoms with Gasteiger partial charge in [0.25, 0.3) is 0 Å². The molecule has 14 heavy (non-hydrogen) atoms. The maximum Gasteiger partial charge on any atom is 0.422 e. The van der Waals surface area contributed by atoms with Crippen molar-refractivity contribution in [2.75, 3.05) is 6.61 Å². The first-order chi connectivity index (χ1) is 6.22. The lowest BCUT2D eigenvalue weighted by Crippen LogP contribution is -2.42. The number of rotatable bonds is 2. The quantitative estimate of drug-likeness (QED) is 0.685. The Kier molecular flexibility index (Phi) is 4.35. The fourth-order valence-corrected chi connectivity index (χ4v) is 0.398. The number of ether oxygens (including phenoxy) is 1. The third-order valence-electron chi connectivity index (χ3n) is 1.01. The summed E-state index contributed by atoms with van der Waals surface area (Å²) >= 11 is 0.